The van der Waals surface area contributed by atoms with Crippen molar-refractivity contribution in [3.8, 4) is 0 Å². The van der Waals surface area contributed by atoms with Gasteiger partial charge in [0.15, 0.2) is 0 Å². The number of amides is 2. The summed E-state index contributed by atoms with van der Waals surface area (Å²) in [5.74, 6) is -0.0313. The van der Waals surface area contributed by atoms with Crippen molar-refractivity contribution < 1.29 is 19.1 Å². The maximum absolute atomic E-state index is 11.8. The van der Waals surface area contributed by atoms with Crippen LogP contribution in [-0.4, -0.2) is 38.5 Å². The molecule has 6 heteroatoms. The summed E-state index contributed by atoms with van der Waals surface area (Å²) < 4.78 is 10.5. The lowest BCUT2D eigenvalue weighted by molar-refractivity contribution is 0.0913. The number of rotatable bonds is 26. The van der Waals surface area contributed by atoms with E-state index in [2.05, 4.69) is 24.5 Å². The van der Waals surface area contributed by atoms with Crippen LogP contribution in [0.1, 0.15) is 149 Å². The molecule has 0 atom stereocenters. The summed E-state index contributed by atoms with van der Waals surface area (Å²) in [4.78, 5) is 23.6. The molecule has 0 aliphatic carbocycles. The SMILES string of the molecule is CCCCCCCCCCCCNC(=O)OCC(C)COC(=O)NCCCCCCCCCCCC. The van der Waals surface area contributed by atoms with E-state index in [0.717, 1.165) is 25.7 Å². The van der Waals surface area contributed by atoms with Gasteiger partial charge in [-0.15, -0.1) is 0 Å². The molecule has 0 saturated heterocycles. The largest absolute Gasteiger partial charge is 0.449 e. The molecule has 214 valence electrons. The van der Waals surface area contributed by atoms with Crippen molar-refractivity contribution in [3.63, 3.8) is 0 Å². The Bertz CT molecular complexity index is 446. The first-order valence-corrected chi connectivity index (χ1v) is 15.4. The summed E-state index contributed by atoms with van der Waals surface area (Å²) in [5.41, 5.74) is 0. The Morgan fingerprint density at radius 3 is 1.08 bits per heavy atom. The van der Waals surface area contributed by atoms with Gasteiger partial charge in [0, 0.05) is 19.0 Å². The highest BCUT2D eigenvalue weighted by atomic mass is 16.6. The smallest absolute Gasteiger partial charge is 0.407 e. The third-order valence-electron chi connectivity index (χ3n) is 6.60. The number of hydrogen-bond donors (Lipinski definition) is 2. The Hall–Kier alpha value is -1.46. The van der Waals surface area contributed by atoms with Crippen LogP contribution in [0.5, 0.6) is 0 Å². The molecule has 0 fully saturated rings. The third kappa shape index (κ3) is 27.1. The van der Waals surface area contributed by atoms with Crippen molar-refractivity contribution in [2.75, 3.05) is 26.3 Å². The molecule has 6 nitrogen and oxygen atoms in total. The Kier molecular flexibility index (Phi) is 27.0. The summed E-state index contributed by atoms with van der Waals surface area (Å²) in [6, 6.07) is 0. The van der Waals surface area contributed by atoms with Crippen LogP contribution >= 0.6 is 0 Å². The van der Waals surface area contributed by atoms with E-state index in [1.165, 1.54) is 103 Å². The second-order valence-electron chi connectivity index (χ2n) is 10.5. The van der Waals surface area contributed by atoms with Crippen LogP contribution in [0.3, 0.4) is 0 Å². The molecule has 0 aromatic heterocycles. The van der Waals surface area contributed by atoms with Crippen LogP contribution in [0.4, 0.5) is 9.59 Å². The van der Waals surface area contributed by atoms with Gasteiger partial charge in [0.2, 0.25) is 0 Å². The van der Waals surface area contributed by atoms with Crippen LogP contribution < -0.4 is 10.6 Å². The van der Waals surface area contributed by atoms with Crippen LogP contribution in [0, 0.1) is 5.92 Å². The number of carbonyl (C=O) groups excluding carboxylic acids is 2. The Balaban J connectivity index is 3.42. The van der Waals surface area contributed by atoms with Gasteiger partial charge in [-0.3, -0.25) is 0 Å². The van der Waals surface area contributed by atoms with E-state index in [9.17, 15) is 9.59 Å². The van der Waals surface area contributed by atoms with Crippen molar-refractivity contribution in [3.05, 3.63) is 0 Å². The molecule has 0 aliphatic rings. The van der Waals surface area contributed by atoms with Gasteiger partial charge >= 0.3 is 12.2 Å². The molecule has 0 aromatic rings. The molecule has 36 heavy (non-hydrogen) atoms. The number of carbonyl (C=O) groups is 2. The molecular formula is C30H60N2O4. The minimum absolute atomic E-state index is 0.0313. The van der Waals surface area contributed by atoms with Gasteiger partial charge in [-0.1, -0.05) is 136 Å². The molecule has 0 spiro atoms. The van der Waals surface area contributed by atoms with Crippen LogP contribution in [0.25, 0.3) is 0 Å². The summed E-state index contributed by atoms with van der Waals surface area (Å²) in [7, 11) is 0. The fourth-order valence-corrected chi connectivity index (χ4v) is 4.19. The normalized spacial score (nSPS) is 11.0. The standard InChI is InChI=1S/C30H60N2O4/c1-4-6-8-10-12-14-16-18-20-22-24-31-29(33)35-26-28(3)27-36-30(34)32-25-23-21-19-17-15-13-11-9-7-5-2/h28H,4-27H2,1-3H3,(H,31,33)(H,32,34). The Labute approximate surface area is 223 Å². The molecule has 0 unspecified atom stereocenters. The summed E-state index contributed by atoms with van der Waals surface area (Å²) in [6.45, 7) is 8.21. The fraction of sp³-hybridized carbons (Fsp3) is 0.933. The van der Waals surface area contributed by atoms with E-state index in [-0.39, 0.29) is 31.3 Å². The molecule has 0 bridgehead atoms. The quantitative estimate of drug-likeness (QED) is 0.113. The molecule has 0 rings (SSSR count). The number of ether oxygens (including phenoxy) is 2. The predicted molar refractivity (Wildman–Crippen MR) is 152 cm³/mol. The first-order valence-electron chi connectivity index (χ1n) is 15.4. The number of nitrogens with one attached hydrogen (secondary N) is 2. The summed E-state index contributed by atoms with van der Waals surface area (Å²) in [5, 5.41) is 5.62. The molecule has 2 N–H and O–H groups in total. The van der Waals surface area contributed by atoms with Crippen molar-refractivity contribution in [1.29, 1.82) is 0 Å². The van der Waals surface area contributed by atoms with Crippen molar-refractivity contribution in [2.24, 2.45) is 5.92 Å². The molecule has 0 aliphatic heterocycles. The van der Waals surface area contributed by atoms with Crippen molar-refractivity contribution in [2.45, 2.75) is 149 Å². The first kappa shape index (κ1) is 34.5. The summed E-state index contributed by atoms with van der Waals surface area (Å²) in [6.07, 6.45) is 24.8. The number of hydrogen-bond acceptors (Lipinski definition) is 4. The van der Waals surface area contributed by atoms with E-state index in [4.69, 9.17) is 9.47 Å². The molecule has 0 saturated carbocycles. The monoisotopic (exact) mass is 512 g/mol. The van der Waals surface area contributed by atoms with Gasteiger partial charge in [-0.2, -0.15) is 0 Å². The minimum Gasteiger partial charge on any atom is -0.449 e. The topological polar surface area (TPSA) is 76.7 Å². The van der Waals surface area contributed by atoms with Crippen LogP contribution in [0.15, 0.2) is 0 Å². The maximum Gasteiger partial charge on any atom is 0.407 e. The number of unbranched alkanes of at least 4 members (excludes halogenated alkanes) is 18. The maximum atomic E-state index is 11.8. The zero-order valence-electron chi connectivity index (χ0n) is 24.2. The first-order chi connectivity index (χ1) is 17.6. The van der Waals surface area contributed by atoms with E-state index >= 15 is 0 Å². The van der Waals surface area contributed by atoms with Gasteiger partial charge in [-0.25, -0.2) is 9.59 Å². The van der Waals surface area contributed by atoms with Gasteiger partial charge in [0.25, 0.3) is 0 Å². The molecule has 0 radical (unpaired) electrons. The highest BCUT2D eigenvalue weighted by Crippen LogP contribution is 2.11. The van der Waals surface area contributed by atoms with Gasteiger partial charge in [0.05, 0.1) is 13.2 Å². The lowest BCUT2D eigenvalue weighted by Crippen LogP contribution is -2.30. The van der Waals surface area contributed by atoms with Gasteiger partial charge in [0.1, 0.15) is 0 Å². The molecule has 0 heterocycles. The predicted octanol–water partition coefficient (Wildman–Crippen LogP) is 8.92. The highest BCUT2D eigenvalue weighted by Gasteiger charge is 2.10. The van der Waals surface area contributed by atoms with Crippen LogP contribution in [-0.2, 0) is 9.47 Å². The van der Waals surface area contributed by atoms with E-state index in [0.29, 0.717) is 13.1 Å². The fourth-order valence-electron chi connectivity index (χ4n) is 4.19. The van der Waals surface area contributed by atoms with Crippen LogP contribution in [0.2, 0.25) is 0 Å². The van der Waals surface area contributed by atoms with E-state index in [1.54, 1.807) is 0 Å². The average Bonchev–Trinajstić information content (AvgIpc) is 2.88. The third-order valence-corrected chi connectivity index (χ3v) is 6.60. The Morgan fingerprint density at radius 2 is 0.778 bits per heavy atom. The zero-order chi connectivity index (χ0) is 26.5. The van der Waals surface area contributed by atoms with Gasteiger partial charge < -0.3 is 20.1 Å². The van der Waals surface area contributed by atoms with Gasteiger partial charge in [-0.05, 0) is 12.8 Å². The second-order valence-corrected chi connectivity index (χ2v) is 10.5. The van der Waals surface area contributed by atoms with Crippen molar-refractivity contribution >= 4 is 12.2 Å². The minimum atomic E-state index is -0.386. The average molecular weight is 513 g/mol. The van der Waals surface area contributed by atoms with Crippen molar-refractivity contribution in [1.82, 2.24) is 10.6 Å². The Morgan fingerprint density at radius 1 is 0.500 bits per heavy atom. The zero-order valence-corrected chi connectivity index (χ0v) is 24.2. The number of alkyl carbamates (subject to hydrolysis) is 2. The van der Waals surface area contributed by atoms with E-state index in [1.807, 2.05) is 6.92 Å². The lowest BCUT2D eigenvalue weighted by Gasteiger charge is -2.13. The lowest BCUT2D eigenvalue weighted by atomic mass is 10.1. The second kappa shape index (κ2) is 28.1. The molecule has 0 aromatic carbocycles. The van der Waals surface area contributed by atoms with E-state index < -0.39 is 0 Å². The highest BCUT2D eigenvalue weighted by molar-refractivity contribution is 5.67. The molecular weight excluding hydrogens is 452 g/mol. The summed E-state index contributed by atoms with van der Waals surface area (Å²) >= 11 is 0. The molecule has 2 amide bonds.